The van der Waals surface area contributed by atoms with Crippen molar-refractivity contribution in [1.29, 1.82) is 0 Å². The summed E-state index contributed by atoms with van der Waals surface area (Å²) >= 11 is 0. The molecule has 1 unspecified atom stereocenters. The van der Waals surface area contributed by atoms with E-state index in [1.807, 2.05) is 0 Å². The third-order valence-electron chi connectivity index (χ3n) is 3.51. The molecule has 5 heteroatoms. The lowest BCUT2D eigenvalue weighted by Gasteiger charge is -2.20. The fraction of sp³-hybridized carbons (Fsp3) is 0.286. The third-order valence-corrected chi connectivity index (χ3v) is 3.51. The van der Waals surface area contributed by atoms with Crippen LogP contribution in [0, 0.1) is 17.5 Å². The normalized spacial score (nSPS) is 18.4. The molecule has 2 aromatic rings. The summed E-state index contributed by atoms with van der Waals surface area (Å²) in [6.07, 6.45) is 3.01. The van der Waals surface area contributed by atoms with Crippen LogP contribution in [-0.2, 0) is 6.42 Å². The lowest BCUT2D eigenvalue weighted by molar-refractivity contribution is 0.156. The number of hydrogen-bond acceptors (Lipinski definition) is 1. The fourth-order valence-electron chi connectivity index (χ4n) is 2.61. The van der Waals surface area contributed by atoms with Gasteiger partial charge in [-0.15, -0.1) is 0 Å². The molecule has 19 heavy (non-hydrogen) atoms. The maximum absolute atomic E-state index is 13.8. The molecule has 1 aliphatic rings. The van der Waals surface area contributed by atoms with Crippen molar-refractivity contribution in [2.45, 2.75) is 25.4 Å². The standard InChI is InChI=1S/C14H12F3NO/c15-8-6-10(16)14(17)12(7-8)18-5-4-9-11(18)2-1-3-13(9)19/h4-7,13,19H,1-3H2. The van der Waals surface area contributed by atoms with Gasteiger partial charge in [-0.1, -0.05) is 0 Å². The average molecular weight is 267 g/mol. The summed E-state index contributed by atoms with van der Waals surface area (Å²) in [5, 5.41) is 9.84. The van der Waals surface area contributed by atoms with Crippen molar-refractivity contribution in [3.63, 3.8) is 0 Å². The Morgan fingerprint density at radius 2 is 2.00 bits per heavy atom. The predicted octanol–water partition coefficient (Wildman–Crippen LogP) is 3.26. The molecule has 100 valence electrons. The minimum Gasteiger partial charge on any atom is -0.388 e. The van der Waals surface area contributed by atoms with Gasteiger partial charge in [-0.05, 0) is 25.3 Å². The van der Waals surface area contributed by atoms with Gasteiger partial charge in [0, 0.05) is 29.6 Å². The van der Waals surface area contributed by atoms with Gasteiger partial charge in [0.2, 0.25) is 0 Å². The number of nitrogens with zero attached hydrogens (tertiary/aromatic N) is 1. The van der Waals surface area contributed by atoms with Crippen LogP contribution < -0.4 is 0 Å². The van der Waals surface area contributed by atoms with Gasteiger partial charge in [-0.25, -0.2) is 13.2 Å². The lowest BCUT2D eigenvalue weighted by Crippen LogP contribution is -2.12. The number of aliphatic hydroxyl groups excluding tert-OH is 1. The molecule has 1 N–H and O–H groups in total. The third kappa shape index (κ3) is 1.94. The summed E-state index contributed by atoms with van der Waals surface area (Å²) in [4.78, 5) is 0. The van der Waals surface area contributed by atoms with E-state index in [9.17, 15) is 18.3 Å². The van der Waals surface area contributed by atoms with Crippen LogP contribution in [0.4, 0.5) is 13.2 Å². The van der Waals surface area contributed by atoms with Crippen molar-refractivity contribution in [3.05, 3.63) is 53.1 Å². The molecule has 3 rings (SSSR count). The molecule has 0 saturated heterocycles. The van der Waals surface area contributed by atoms with Crippen LogP contribution in [0.25, 0.3) is 5.69 Å². The Kier molecular flexibility index (Phi) is 2.86. The first-order valence-electron chi connectivity index (χ1n) is 6.11. The smallest absolute Gasteiger partial charge is 0.182 e. The Hall–Kier alpha value is -1.75. The van der Waals surface area contributed by atoms with Gasteiger partial charge in [0.25, 0.3) is 0 Å². The number of fused-ring (bicyclic) bond motifs is 1. The number of benzene rings is 1. The van der Waals surface area contributed by atoms with Gasteiger partial charge in [0.15, 0.2) is 11.6 Å². The first-order chi connectivity index (χ1) is 9.08. The van der Waals surface area contributed by atoms with Crippen molar-refractivity contribution >= 4 is 0 Å². The number of aromatic nitrogens is 1. The van der Waals surface area contributed by atoms with Crippen molar-refractivity contribution in [3.8, 4) is 5.69 Å². The number of hydrogen-bond donors (Lipinski definition) is 1. The van der Waals surface area contributed by atoms with E-state index >= 15 is 0 Å². The monoisotopic (exact) mass is 267 g/mol. The van der Waals surface area contributed by atoms with Crippen LogP contribution in [-0.4, -0.2) is 9.67 Å². The largest absolute Gasteiger partial charge is 0.388 e. The van der Waals surface area contributed by atoms with E-state index in [2.05, 4.69) is 0 Å². The van der Waals surface area contributed by atoms with E-state index in [0.29, 0.717) is 30.2 Å². The summed E-state index contributed by atoms with van der Waals surface area (Å²) in [5.41, 5.74) is 1.26. The van der Waals surface area contributed by atoms with Gasteiger partial charge in [0.1, 0.15) is 5.82 Å². The minimum absolute atomic E-state index is 0.159. The van der Waals surface area contributed by atoms with Gasteiger partial charge in [0.05, 0.1) is 11.8 Å². The molecule has 1 heterocycles. The number of rotatable bonds is 1. The highest BCUT2D eigenvalue weighted by Crippen LogP contribution is 2.33. The van der Waals surface area contributed by atoms with Crippen LogP contribution in [0.1, 0.15) is 30.2 Å². The Balaban J connectivity index is 2.18. The molecular formula is C14H12F3NO. The second-order valence-corrected chi connectivity index (χ2v) is 4.72. The number of halogens is 3. The molecule has 0 amide bonds. The molecule has 1 atom stereocenters. The average Bonchev–Trinajstić information content (AvgIpc) is 2.79. The highest BCUT2D eigenvalue weighted by molar-refractivity contribution is 5.41. The van der Waals surface area contributed by atoms with Gasteiger partial charge >= 0.3 is 0 Å². The Bertz CT molecular complexity index is 636. The summed E-state index contributed by atoms with van der Waals surface area (Å²) in [7, 11) is 0. The van der Waals surface area contributed by atoms with E-state index in [1.54, 1.807) is 6.07 Å². The molecule has 0 saturated carbocycles. The Morgan fingerprint density at radius 1 is 1.21 bits per heavy atom. The minimum atomic E-state index is -1.21. The lowest BCUT2D eigenvalue weighted by atomic mass is 9.95. The zero-order chi connectivity index (χ0) is 13.6. The summed E-state index contributed by atoms with van der Waals surface area (Å²) in [6, 6.07) is 3.14. The van der Waals surface area contributed by atoms with Crippen LogP contribution in [0.15, 0.2) is 24.4 Å². The zero-order valence-electron chi connectivity index (χ0n) is 10.0. The second-order valence-electron chi connectivity index (χ2n) is 4.72. The molecule has 0 fully saturated rings. The zero-order valence-corrected chi connectivity index (χ0v) is 10.0. The van der Waals surface area contributed by atoms with E-state index in [0.717, 1.165) is 12.5 Å². The van der Waals surface area contributed by atoms with Crippen LogP contribution in [0.2, 0.25) is 0 Å². The molecule has 2 nitrogen and oxygen atoms in total. The van der Waals surface area contributed by atoms with Crippen molar-refractivity contribution in [1.82, 2.24) is 4.57 Å². The highest BCUT2D eigenvalue weighted by Gasteiger charge is 2.23. The molecule has 1 aromatic heterocycles. The summed E-state index contributed by atoms with van der Waals surface area (Å²) in [6.45, 7) is 0. The molecule has 1 aliphatic carbocycles. The first kappa shape index (κ1) is 12.3. The van der Waals surface area contributed by atoms with E-state index in [1.165, 1.54) is 10.8 Å². The number of aliphatic hydroxyl groups is 1. The van der Waals surface area contributed by atoms with E-state index < -0.39 is 23.6 Å². The molecule has 0 aliphatic heterocycles. The van der Waals surface area contributed by atoms with E-state index in [4.69, 9.17) is 0 Å². The predicted molar refractivity (Wildman–Crippen MR) is 63.5 cm³/mol. The topological polar surface area (TPSA) is 25.2 Å². The van der Waals surface area contributed by atoms with Gasteiger partial charge in [-0.2, -0.15) is 0 Å². The Morgan fingerprint density at radius 3 is 2.79 bits per heavy atom. The highest BCUT2D eigenvalue weighted by atomic mass is 19.2. The SMILES string of the molecule is OC1CCCc2c1ccn2-c1cc(F)cc(F)c1F. The van der Waals surface area contributed by atoms with Crippen molar-refractivity contribution in [2.24, 2.45) is 0 Å². The Labute approximate surface area is 108 Å². The summed E-state index contributed by atoms with van der Waals surface area (Å²) < 4.78 is 41.7. The first-order valence-corrected chi connectivity index (χ1v) is 6.11. The molecular weight excluding hydrogens is 255 g/mol. The van der Waals surface area contributed by atoms with Gasteiger partial charge < -0.3 is 9.67 Å². The van der Waals surface area contributed by atoms with Crippen LogP contribution in [0.5, 0.6) is 0 Å². The quantitative estimate of drug-likeness (QED) is 0.788. The fourth-order valence-corrected chi connectivity index (χ4v) is 2.61. The summed E-state index contributed by atoms with van der Waals surface area (Å²) in [5.74, 6) is -3.12. The maximum Gasteiger partial charge on any atom is 0.182 e. The van der Waals surface area contributed by atoms with E-state index in [-0.39, 0.29) is 5.69 Å². The van der Waals surface area contributed by atoms with Gasteiger partial charge in [-0.3, -0.25) is 0 Å². The second kappa shape index (κ2) is 4.42. The van der Waals surface area contributed by atoms with Crippen LogP contribution in [0.3, 0.4) is 0 Å². The van der Waals surface area contributed by atoms with Crippen LogP contribution >= 0.6 is 0 Å². The van der Waals surface area contributed by atoms with Crippen molar-refractivity contribution < 1.29 is 18.3 Å². The van der Waals surface area contributed by atoms with Crippen molar-refractivity contribution in [2.75, 3.05) is 0 Å². The molecule has 0 radical (unpaired) electrons. The molecule has 0 spiro atoms. The molecule has 0 bridgehead atoms. The maximum atomic E-state index is 13.8. The molecule has 1 aromatic carbocycles.